The summed E-state index contributed by atoms with van der Waals surface area (Å²) < 4.78 is 45.7. The van der Waals surface area contributed by atoms with Crippen molar-refractivity contribution >= 4 is 16.6 Å². The predicted octanol–water partition coefficient (Wildman–Crippen LogP) is 5.15. The van der Waals surface area contributed by atoms with Gasteiger partial charge in [0.25, 0.3) is 0 Å². The number of halogens is 2. The Kier molecular flexibility index (Phi) is 7.58. The van der Waals surface area contributed by atoms with E-state index in [-0.39, 0.29) is 23.8 Å². The Morgan fingerprint density at radius 3 is 1.79 bits per heavy atom. The predicted molar refractivity (Wildman–Crippen MR) is 98.9 cm³/mol. The maximum absolute atomic E-state index is 14.5. The number of hydrogen-bond donors (Lipinski definition) is 0. The summed E-state index contributed by atoms with van der Waals surface area (Å²) in [6.45, 7) is 15.1. The first-order valence-corrected chi connectivity index (χ1v) is 15.1. The van der Waals surface area contributed by atoms with Crippen molar-refractivity contribution in [3.05, 3.63) is 29.3 Å². The van der Waals surface area contributed by atoms with Crippen LogP contribution in [0.15, 0.2) is 12.1 Å². The smallest absolute Gasteiger partial charge is 0.200 e. The molecule has 3 nitrogen and oxygen atoms in total. The molecule has 1 rings (SSSR count). The van der Waals surface area contributed by atoms with Crippen LogP contribution in [0.2, 0.25) is 39.3 Å². The van der Waals surface area contributed by atoms with Gasteiger partial charge in [-0.1, -0.05) is 6.07 Å². The Balaban J connectivity index is 3.06. The summed E-state index contributed by atoms with van der Waals surface area (Å²) in [6, 6.07) is 3.06. The van der Waals surface area contributed by atoms with E-state index in [2.05, 4.69) is 39.3 Å². The maximum atomic E-state index is 14.5. The lowest BCUT2D eigenvalue weighted by atomic mass is 10.00. The van der Waals surface area contributed by atoms with Crippen LogP contribution in [0.3, 0.4) is 0 Å². The van der Waals surface area contributed by atoms with E-state index < -0.39 is 28.3 Å². The standard InChI is InChI=1S/C17H30F2O3Si2/c1-8-20-15-10-9-14(16(18)17(15)19)13(11-21-23(2,3)4)12-22-24(5,6)7/h9-10,13H,8,11-12H2,1-7H3. The molecule has 0 heterocycles. The van der Waals surface area contributed by atoms with Gasteiger partial charge in [0.2, 0.25) is 5.82 Å². The van der Waals surface area contributed by atoms with Gasteiger partial charge in [0, 0.05) is 19.1 Å². The zero-order valence-electron chi connectivity index (χ0n) is 15.8. The summed E-state index contributed by atoms with van der Waals surface area (Å²) in [4.78, 5) is 0. The van der Waals surface area contributed by atoms with Crippen LogP contribution >= 0.6 is 0 Å². The fourth-order valence-corrected chi connectivity index (χ4v) is 3.46. The minimum Gasteiger partial charge on any atom is -0.491 e. The Morgan fingerprint density at radius 1 is 0.875 bits per heavy atom. The fourth-order valence-electron chi connectivity index (χ4n) is 2.06. The van der Waals surface area contributed by atoms with Gasteiger partial charge < -0.3 is 13.6 Å². The highest BCUT2D eigenvalue weighted by atomic mass is 28.4. The molecular weight excluding hydrogens is 346 g/mol. The van der Waals surface area contributed by atoms with Crippen molar-refractivity contribution in [3.8, 4) is 5.75 Å². The van der Waals surface area contributed by atoms with Crippen molar-refractivity contribution in [3.63, 3.8) is 0 Å². The Morgan fingerprint density at radius 2 is 1.38 bits per heavy atom. The maximum Gasteiger partial charge on any atom is 0.200 e. The highest BCUT2D eigenvalue weighted by molar-refractivity contribution is 6.70. The molecule has 138 valence electrons. The Hall–Kier alpha value is -0.766. The molecule has 7 heteroatoms. The van der Waals surface area contributed by atoms with E-state index in [0.29, 0.717) is 13.2 Å². The van der Waals surface area contributed by atoms with Crippen molar-refractivity contribution in [2.75, 3.05) is 19.8 Å². The number of benzene rings is 1. The van der Waals surface area contributed by atoms with Crippen LogP contribution in [0.25, 0.3) is 0 Å². The SMILES string of the molecule is CCOc1ccc(C(CO[Si](C)(C)C)CO[Si](C)(C)C)c(F)c1F. The topological polar surface area (TPSA) is 27.7 Å². The van der Waals surface area contributed by atoms with E-state index in [0.717, 1.165) is 0 Å². The third-order valence-electron chi connectivity index (χ3n) is 3.25. The summed E-state index contributed by atoms with van der Waals surface area (Å²) >= 11 is 0. The Bertz CT molecular complexity index is 522. The average Bonchev–Trinajstić information content (AvgIpc) is 2.43. The summed E-state index contributed by atoms with van der Waals surface area (Å²) in [7, 11) is -3.53. The lowest BCUT2D eigenvalue weighted by molar-refractivity contribution is 0.207. The van der Waals surface area contributed by atoms with Crippen molar-refractivity contribution in [2.24, 2.45) is 0 Å². The molecule has 0 unspecified atom stereocenters. The molecule has 0 aliphatic carbocycles. The van der Waals surface area contributed by atoms with Crippen LogP contribution < -0.4 is 4.74 Å². The van der Waals surface area contributed by atoms with Crippen LogP contribution in [0.5, 0.6) is 5.75 Å². The van der Waals surface area contributed by atoms with Crippen molar-refractivity contribution in [1.29, 1.82) is 0 Å². The highest BCUT2D eigenvalue weighted by Crippen LogP contribution is 2.29. The van der Waals surface area contributed by atoms with E-state index in [1.54, 1.807) is 13.0 Å². The second-order valence-corrected chi connectivity index (χ2v) is 16.8. The Labute approximate surface area is 146 Å². The number of rotatable bonds is 9. The molecular formula is C17H30F2O3Si2. The van der Waals surface area contributed by atoms with Gasteiger partial charge in [-0.15, -0.1) is 0 Å². The number of ether oxygens (including phenoxy) is 1. The molecule has 0 aromatic heterocycles. The minimum absolute atomic E-state index is 0.0604. The molecule has 0 bridgehead atoms. The lowest BCUT2D eigenvalue weighted by Gasteiger charge is -2.27. The van der Waals surface area contributed by atoms with Crippen molar-refractivity contribution in [2.45, 2.75) is 52.1 Å². The van der Waals surface area contributed by atoms with Crippen molar-refractivity contribution in [1.82, 2.24) is 0 Å². The minimum atomic E-state index is -1.77. The molecule has 0 atom stereocenters. The monoisotopic (exact) mass is 376 g/mol. The van der Waals surface area contributed by atoms with Crippen LogP contribution in [0.1, 0.15) is 18.4 Å². The third kappa shape index (κ3) is 7.00. The van der Waals surface area contributed by atoms with Gasteiger partial charge in [-0.3, -0.25) is 0 Å². The van der Waals surface area contributed by atoms with E-state index in [1.807, 2.05) is 0 Å². The van der Waals surface area contributed by atoms with Gasteiger partial charge in [-0.2, -0.15) is 4.39 Å². The molecule has 1 aromatic rings. The quantitative estimate of drug-likeness (QED) is 0.558. The molecule has 0 fully saturated rings. The molecule has 0 radical (unpaired) electrons. The lowest BCUT2D eigenvalue weighted by Crippen LogP contribution is -2.33. The molecule has 0 saturated carbocycles. The summed E-state index contributed by atoms with van der Waals surface area (Å²) in [5.74, 6) is -2.21. The zero-order valence-corrected chi connectivity index (χ0v) is 17.8. The van der Waals surface area contributed by atoms with E-state index in [1.165, 1.54) is 6.07 Å². The van der Waals surface area contributed by atoms with Gasteiger partial charge in [0.1, 0.15) is 0 Å². The van der Waals surface area contributed by atoms with Gasteiger partial charge in [-0.25, -0.2) is 4.39 Å². The highest BCUT2D eigenvalue weighted by Gasteiger charge is 2.26. The second-order valence-electron chi connectivity index (χ2n) is 7.76. The zero-order chi connectivity index (χ0) is 18.5. The van der Waals surface area contributed by atoms with Crippen LogP contribution in [0, 0.1) is 11.6 Å². The number of hydrogen-bond acceptors (Lipinski definition) is 3. The first kappa shape index (κ1) is 21.3. The van der Waals surface area contributed by atoms with Gasteiger partial charge in [-0.05, 0) is 57.8 Å². The summed E-state index contributed by atoms with van der Waals surface area (Å²) in [5.41, 5.74) is 0.285. The molecule has 0 saturated heterocycles. The van der Waals surface area contributed by atoms with Gasteiger partial charge in [0.05, 0.1) is 6.61 Å². The van der Waals surface area contributed by atoms with Crippen molar-refractivity contribution < 1.29 is 22.4 Å². The second kappa shape index (κ2) is 8.55. The van der Waals surface area contributed by atoms with Gasteiger partial charge >= 0.3 is 0 Å². The summed E-state index contributed by atoms with van der Waals surface area (Å²) in [5, 5.41) is 0. The van der Waals surface area contributed by atoms with Crippen LogP contribution in [-0.2, 0) is 8.85 Å². The molecule has 1 aromatic carbocycles. The fraction of sp³-hybridized carbons (Fsp3) is 0.647. The summed E-state index contributed by atoms with van der Waals surface area (Å²) in [6.07, 6.45) is 0. The molecule has 24 heavy (non-hydrogen) atoms. The first-order chi connectivity index (χ1) is 10.9. The molecule has 0 N–H and O–H groups in total. The molecule has 0 spiro atoms. The average molecular weight is 377 g/mol. The molecule has 0 aliphatic rings. The molecule has 0 aliphatic heterocycles. The van der Waals surface area contributed by atoms with Crippen LogP contribution in [-0.4, -0.2) is 36.5 Å². The van der Waals surface area contributed by atoms with Gasteiger partial charge in [0.15, 0.2) is 28.2 Å². The van der Waals surface area contributed by atoms with E-state index in [4.69, 9.17) is 13.6 Å². The van der Waals surface area contributed by atoms with E-state index >= 15 is 0 Å². The largest absolute Gasteiger partial charge is 0.491 e. The normalized spacial score (nSPS) is 12.8. The molecule has 0 amide bonds. The van der Waals surface area contributed by atoms with E-state index in [9.17, 15) is 8.78 Å². The first-order valence-electron chi connectivity index (χ1n) is 8.33. The third-order valence-corrected chi connectivity index (χ3v) is 5.32. The van der Waals surface area contributed by atoms with Crippen LogP contribution in [0.4, 0.5) is 8.78 Å².